The van der Waals surface area contributed by atoms with Crippen molar-refractivity contribution in [2.24, 2.45) is 0 Å². The molecule has 1 nitrogen and oxygen atoms in total. The van der Waals surface area contributed by atoms with Gasteiger partial charge in [0, 0.05) is 22.5 Å². The smallest absolute Gasteiger partial charge is 0.229 e. The minimum absolute atomic E-state index is 0.235. The summed E-state index contributed by atoms with van der Waals surface area (Å²) in [4.78, 5) is 5.37. The minimum Gasteiger partial charge on any atom is -0.256 e. The van der Waals surface area contributed by atoms with Gasteiger partial charge in [-0.25, -0.2) is 13.2 Å². The summed E-state index contributed by atoms with van der Waals surface area (Å²) in [5.74, 6) is -0.235. The van der Waals surface area contributed by atoms with Crippen molar-refractivity contribution in [1.29, 1.82) is 0 Å². The molecule has 0 fully saturated rings. The van der Waals surface area contributed by atoms with E-state index in [9.17, 15) is 13.2 Å². The van der Waals surface area contributed by atoms with Gasteiger partial charge in [-0.3, -0.25) is 4.98 Å². The Morgan fingerprint density at radius 2 is 1.94 bits per heavy atom. The van der Waals surface area contributed by atoms with Crippen LogP contribution in [0, 0.1) is 12.7 Å². The van der Waals surface area contributed by atoms with E-state index >= 15 is 0 Å². The molecule has 0 saturated carbocycles. The normalized spacial score (nSPS) is 9.94. The molecular formula is C12H12F3NS. The minimum atomic E-state index is -1.75. The molecule has 0 atom stereocenters. The van der Waals surface area contributed by atoms with Crippen LogP contribution in [0.1, 0.15) is 5.56 Å². The third-order valence-electron chi connectivity index (χ3n) is 2.16. The number of benzene rings is 1. The van der Waals surface area contributed by atoms with Gasteiger partial charge in [0.2, 0.25) is 6.93 Å². The molecule has 1 aromatic carbocycles. The lowest BCUT2D eigenvalue weighted by atomic mass is 10.2. The molecule has 0 aliphatic carbocycles. The van der Waals surface area contributed by atoms with Gasteiger partial charge in [0.1, 0.15) is 5.82 Å². The highest BCUT2D eigenvalue weighted by Crippen LogP contribution is 2.28. The van der Waals surface area contributed by atoms with Gasteiger partial charge in [0.05, 0.1) is 5.52 Å². The molecule has 1 heterocycles. The van der Waals surface area contributed by atoms with E-state index in [1.807, 2.05) is 13.2 Å². The number of alkyl halides is 2. The van der Waals surface area contributed by atoms with E-state index in [2.05, 4.69) is 4.98 Å². The number of thioether (sulfide) groups is 1. The number of nitrogens with zero attached hydrogens (tertiary/aromatic N) is 1. The van der Waals surface area contributed by atoms with Crippen molar-refractivity contribution in [1.82, 2.24) is 4.98 Å². The summed E-state index contributed by atoms with van der Waals surface area (Å²) in [6.45, 7) is 0.266. The summed E-state index contributed by atoms with van der Waals surface area (Å²) in [7, 11) is 0. The van der Waals surface area contributed by atoms with Crippen LogP contribution in [0.4, 0.5) is 13.2 Å². The van der Waals surface area contributed by atoms with Crippen molar-refractivity contribution in [2.45, 2.75) is 11.8 Å². The van der Waals surface area contributed by atoms with Crippen LogP contribution in [-0.2, 0) is 0 Å². The Morgan fingerprint density at radius 3 is 2.53 bits per heavy atom. The van der Waals surface area contributed by atoms with Crippen molar-refractivity contribution in [3.05, 3.63) is 35.8 Å². The van der Waals surface area contributed by atoms with Crippen LogP contribution >= 0.6 is 11.8 Å². The second kappa shape index (κ2) is 6.49. The predicted octanol–water partition coefficient (Wildman–Crippen LogP) is 4.29. The zero-order valence-electron chi connectivity index (χ0n) is 9.51. The Balaban J connectivity index is 0.000000437. The van der Waals surface area contributed by atoms with E-state index < -0.39 is 6.93 Å². The number of halogens is 3. The number of aromatic nitrogens is 1. The fourth-order valence-corrected chi connectivity index (χ4v) is 2.28. The summed E-state index contributed by atoms with van der Waals surface area (Å²) in [6, 6.07) is 4.73. The van der Waals surface area contributed by atoms with Gasteiger partial charge in [0.15, 0.2) is 0 Å². The summed E-state index contributed by atoms with van der Waals surface area (Å²) in [6.07, 6.45) is 3.80. The number of aryl methyl sites for hydroxylation is 1. The van der Waals surface area contributed by atoms with E-state index in [1.165, 1.54) is 17.0 Å². The predicted molar refractivity (Wildman–Crippen MR) is 65.3 cm³/mol. The van der Waals surface area contributed by atoms with Crippen molar-refractivity contribution < 1.29 is 13.2 Å². The first-order valence-electron chi connectivity index (χ1n) is 4.84. The molecule has 17 heavy (non-hydrogen) atoms. The molecule has 0 radical (unpaired) electrons. The van der Waals surface area contributed by atoms with Crippen molar-refractivity contribution in [2.75, 3.05) is 13.2 Å². The number of hydrogen-bond donors (Lipinski definition) is 0. The van der Waals surface area contributed by atoms with E-state index in [-0.39, 0.29) is 5.82 Å². The maximum atomic E-state index is 12.9. The Morgan fingerprint density at radius 1 is 1.29 bits per heavy atom. The van der Waals surface area contributed by atoms with Gasteiger partial charge in [-0.15, -0.1) is 11.8 Å². The van der Waals surface area contributed by atoms with Crippen LogP contribution in [0.15, 0.2) is 29.3 Å². The number of rotatable bonds is 1. The van der Waals surface area contributed by atoms with Crippen LogP contribution in [-0.4, -0.2) is 18.2 Å². The van der Waals surface area contributed by atoms with E-state index in [4.69, 9.17) is 0 Å². The third kappa shape index (κ3) is 3.36. The van der Waals surface area contributed by atoms with E-state index in [0.717, 1.165) is 16.5 Å². The molecule has 0 amide bonds. The molecule has 5 heteroatoms. The molecule has 2 aromatic rings. The highest BCUT2D eigenvalue weighted by atomic mass is 32.2. The Bertz CT molecular complexity index is 502. The second-order valence-electron chi connectivity index (χ2n) is 3.24. The lowest BCUT2D eigenvalue weighted by molar-refractivity contribution is 0.295. The highest BCUT2D eigenvalue weighted by Gasteiger charge is 2.05. The molecule has 0 N–H and O–H groups in total. The molecule has 1 aromatic heterocycles. The molecule has 0 saturated heterocycles. The van der Waals surface area contributed by atoms with Gasteiger partial charge in [-0.2, -0.15) is 0 Å². The fraction of sp³-hybridized carbons (Fsp3) is 0.250. The van der Waals surface area contributed by atoms with Gasteiger partial charge in [-0.05, 0) is 30.9 Å². The topological polar surface area (TPSA) is 12.9 Å². The van der Waals surface area contributed by atoms with E-state index in [1.54, 1.807) is 24.0 Å². The van der Waals surface area contributed by atoms with Gasteiger partial charge in [0.25, 0.3) is 0 Å². The summed E-state index contributed by atoms with van der Waals surface area (Å²) in [5, 5.41) is 1.03. The first-order chi connectivity index (χ1) is 8.13. The Labute approximate surface area is 102 Å². The summed E-state index contributed by atoms with van der Waals surface area (Å²) in [5.41, 5.74) is 1.86. The number of hydrogen-bond acceptors (Lipinski definition) is 2. The van der Waals surface area contributed by atoms with Crippen LogP contribution in [0.2, 0.25) is 0 Å². The Kier molecular flexibility index (Phi) is 5.28. The number of fused-ring (bicyclic) bond motifs is 1. The van der Waals surface area contributed by atoms with Crippen molar-refractivity contribution >= 4 is 22.7 Å². The molecule has 0 bridgehead atoms. The molecule has 0 aliphatic rings. The third-order valence-corrected chi connectivity index (χ3v) is 3.11. The standard InChI is InChI=1S/C11H10FNS.CH2F2/c1-7-6-13-10-5-8(12)3-4-9(10)11(7)14-2;2-1-3/h3-6H,1-2H3;1H2. The van der Waals surface area contributed by atoms with Crippen LogP contribution in [0.25, 0.3) is 10.9 Å². The maximum absolute atomic E-state index is 12.9. The average molecular weight is 259 g/mol. The molecule has 0 spiro atoms. The lowest BCUT2D eigenvalue weighted by Gasteiger charge is -2.06. The number of pyridine rings is 1. The van der Waals surface area contributed by atoms with E-state index in [0.29, 0.717) is 0 Å². The highest BCUT2D eigenvalue weighted by molar-refractivity contribution is 7.98. The summed E-state index contributed by atoms with van der Waals surface area (Å²) < 4.78 is 32.2. The molecule has 2 rings (SSSR count). The van der Waals surface area contributed by atoms with Gasteiger partial charge in [-0.1, -0.05) is 0 Å². The lowest BCUT2D eigenvalue weighted by Crippen LogP contribution is -1.87. The maximum Gasteiger partial charge on any atom is 0.229 e. The van der Waals surface area contributed by atoms with Gasteiger partial charge >= 0.3 is 0 Å². The van der Waals surface area contributed by atoms with Crippen LogP contribution in [0.5, 0.6) is 0 Å². The Hall–Kier alpha value is -1.23. The first-order valence-corrected chi connectivity index (χ1v) is 6.07. The van der Waals surface area contributed by atoms with Gasteiger partial charge < -0.3 is 0 Å². The zero-order chi connectivity index (χ0) is 12.8. The SMILES string of the molecule is CSc1c(C)cnc2cc(F)ccc12.FCF. The zero-order valence-corrected chi connectivity index (χ0v) is 10.3. The first kappa shape index (κ1) is 13.8. The van der Waals surface area contributed by atoms with Crippen LogP contribution < -0.4 is 0 Å². The fourth-order valence-electron chi connectivity index (χ4n) is 1.51. The molecular weight excluding hydrogens is 247 g/mol. The van der Waals surface area contributed by atoms with Crippen molar-refractivity contribution in [3.8, 4) is 0 Å². The largest absolute Gasteiger partial charge is 0.256 e. The van der Waals surface area contributed by atoms with Crippen LogP contribution in [0.3, 0.4) is 0 Å². The quantitative estimate of drug-likeness (QED) is 0.709. The molecule has 0 unspecified atom stereocenters. The molecule has 0 aliphatic heterocycles. The second-order valence-corrected chi connectivity index (χ2v) is 4.05. The average Bonchev–Trinajstić information content (AvgIpc) is 2.30. The monoisotopic (exact) mass is 259 g/mol. The van der Waals surface area contributed by atoms with Crippen molar-refractivity contribution in [3.63, 3.8) is 0 Å². The molecule has 92 valence electrons. The summed E-state index contributed by atoms with van der Waals surface area (Å²) >= 11 is 1.67.